The first-order chi connectivity index (χ1) is 10.1. The van der Waals surface area contributed by atoms with Crippen LogP contribution in [0.3, 0.4) is 0 Å². The Balaban J connectivity index is 2.01. The quantitative estimate of drug-likeness (QED) is 0.717. The van der Waals surface area contributed by atoms with Crippen molar-refractivity contribution in [2.45, 2.75) is 4.90 Å². The smallest absolute Gasteiger partial charge is 0.199 e. The second-order valence-corrected chi connectivity index (χ2v) is 7.01. The van der Waals surface area contributed by atoms with Crippen molar-refractivity contribution in [3.8, 4) is 11.3 Å². The van der Waals surface area contributed by atoms with Crippen molar-refractivity contribution in [1.29, 1.82) is 0 Å². The van der Waals surface area contributed by atoms with E-state index in [2.05, 4.69) is 26.2 Å². The largest absolute Gasteiger partial charge is 0.284 e. The molecule has 0 fully saturated rings. The van der Waals surface area contributed by atoms with Gasteiger partial charge in [-0.15, -0.1) is 9.19 Å². The summed E-state index contributed by atoms with van der Waals surface area (Å²) in [6.45, 7) is 0. The molecular weight excluding hydrogens is 354 g/mol. The van der Waals surface area contributed by atoms with Gasteiger partial charge in [0.2, 0.25) is 0 Å². The topological polar surface area (TPSA) is 64.8 Å². The van der Waals surface area contributed by atoms with Crippen LogP contribution in [0.4, 0.5) is 0 Å². The zero-order valence-electron chi connectivity index (χ0n) is 10.7. The number of aromatic nitrogens is 3. The molecule has 0 aliphatic rings. The highest BCUT2D eigenvalue weighted by molar-refractivity contribution is 9.10. The molecule has 0 radical (unpaired) electrons. The summed E-state index contributed by atoms with van der Waals surface area (Å²) in [6, 6.07) is 15.7. The van der Waals surface area contributed by atoms with Crippen molar-refractivity contribution in [3.05, 3.63) is 65.3 Å². The summed E-state index contributed by atoms with van der Waals surface area (Å²) in [4.78, 5) is 0.162. The van der Waals surface area contributed by atoms with E-state index in [4.69, 9.17) is 0 Å². The summed E-state index contributed by atoms with van der Waals surface area (Å²) in [7, 11) is -3.72. The average molecular weight is 364 g/mol. The SMILES string of the molecule is O=S(=O)(c1ccc(Br)cc1)n1cc(-c2ccccc2)nn1. The van der Waals surface area contributed by atoms with E-state index in [0.29, 0.717) is 5.69 Å². The zero-order valence-corrected chi connectivity index (χ0v) is 13.1. The Hall–Kier alpha value is -1.99. The van der Waals surface area contributed by atoms with E-state index in [0.717, 1.165) is 14.1 Å². The standard InChI is InChI=1S/C14H10BrN3O2S/c15-12-6-8-13(9-7-12)21(19,20)18-10-14(16-17-18)11-4-2-1-3-5-11/h1-10H. The molecule has 0 bridgehead atoms. The fraction of sp³-hybridized carbons (Fsp3) is 0. The van der Waals surface area contributed by atoms with Crippen molar-refractivity contribution >= 4 is 26.0 Å². The highest BCUT2D eigenvalue weighted by Gasteiger charge is 2.19. The minimum Gasteiger partial charge on any atom is -0.199 e. The Morgan fingerprint density at radius 2 is 1.62 bits per heavy atom. The van der Waals surface area contributed by atoms with Crippen LogP contribution in [-0.4, -0.2) is 22.8 Å². The van der Waals surface area contributed by atoms with Crippen LogP contribution in [0.5, 0.6) is 0 Å². The highest BCUT2D eigenvalue weighted by atomic mass is 79.9. The van der Waals surface area contributed by atoms with E-state index in [1.165, 1.54) is 18.3 Å². The fourth-order valence-electron chi connectivity index (χ4n) is 1.82. The van der Waals surface area contributed by atoms with Crippen molar-refractivity contribution in [2.75, 3.05) is 0 Å². The van der Waals surface area contributed by atoms with Crippen LogP contribution in [0.15, 0.2) is 70.2 Å². The average Bonchev–Trinajstić information content (AvgIpc) is 2.99. The molecule has 21 heavy (non-hydrogen) atoms. The third kappa shape index (κ3) is 2.74. The lowest BCUT2D eigenvalue weighted by molar-refractivity contribution is 0.577. The van der Waals surface area contributed by atoms with Crippen LogP contribution >= 0.6 is 15.9 Å². The first-order valence-corrected chi connectivity index (χ1v) is 8.29. The monoisotopic (exact) mass is 363 g/mol. The molecule has 5 nitrogen and oxygen atoms in total. The molecule has 0 aliphatic heterocycles. The molecule has 2 aromatic carbocycles. The van der Waals surface area contributed by atoms with E-state index in [-0.39, 0.29) is 4.90 Å². The molecule has 3 aromatic rings. The molecule has 0 atom stereocenters. The number of hydrogen-bond acceptors (Lipinski definition) is 4. The van der Waals surface area contributed by atoms with E-state index >= 15 is 0 Å². The number of benzene rings is 2. The lowest BCUT2D eigenvalue weighted by Gasteiger charge is -2.02. The normalized spacial score (nSPS) is 11.5. The molecule has 7 heteroatoms. The van der Waals surface area contributed by atoms with Gasteiger partial charge in [-0.25, -0.2) is 0 Å². The molecule has 0 amide bonds. The molecular formula is C14H10BrN3O2S. The van der Waals surface area contributed by atoms with Crippen LogP contribution in [0.25, 0.3) is 11.3 Å². The first kappa shape index (κ1) is 14.0. The number of hydrogen-bond donors (Lipinski definition) is 0. The van der Waals surface area contributed by atoms with Gasteiger partial charge in [0, 0.05) is 10.0 Å². The van der Waals surface area contributed by atoms with Crippen molar-refractivity contribution in [2.24, 2.45) is 0 Å². The third-order valence-electron chi connectivity index (χ3n) is 2.90. The third-order valence-corrected chi connectivity index (χ3v) is 4.97. The van der Waals surface area contributed by atoms with Crippen LogP contribution in [-0.2, 0) is 10.0 Å². The second kappa shape index (κ2) is 5.42. The molecule has 106 valence electrons. The van der Waals surface area contributed by atoms with Gasteiger partial charge >= 0.3 is 0 Å². The molecule has 0 saturated heterocycles. The van der Waals surface area contributed by atoms with Gasteiger partial charge in [0.1, 0.15) is 5.69 Å². The first-order valence-electron chi connectivity index (χ1n) is 6.06. The minimum absolute atomic E-state index is 0.162. The van der Waals surface area contributed by atoms with Gasteiger partial charge in [0.15, 0.2) is 0 Å². The number of nitrogens with zero attached hydrogens (tertiary/aromatic N) is 3. The van der Waals surface area contributed by atoms with E-state index < -0.39 is 10.0 Å². The number of halogens is 1. The summed E-state index contributed by atoms with van der Waals surface area (Å²) < 4.78 is 26.6. The summed E-state index contributed by atoms with van der Waals surface area (Å²) in [6.07, 6.45) is 1.41. The zero-order chi connectivity index (χ0) is 14.9. The van der Waals surface area contributed by atoms with Crippen LogP contribution in [0.2, 0.25) is 0 Å². The van der Waals surface area contributed by atoms with E-state index in [1.807, 2.05) is 30.3 Å². The van der Waals surface area contributed by atoms with Gasteiger partial charge < -0.3 is 0 Å². The lowest BCUT2D eigenvalue weighted by Crippen LogP contribution is -2.13. The number of rotatable bonds is 3. The van der Waals surface area contributed by atoms with Crippen molar-refractivity contribution < 1.29 is 8.42 Å². The van der Waals surface area contributed by atoms with Gasteiger partial charge in [-0.05, 0) is 24.3 Å². The minimum atomic E-state index is -3.72. The molecule has 0 saturated carbocycles. The summed E-state index contributed by atoms with van der Waals surface area (Å²) in [5.41, 5.74) is 1.33. The molecule has 1 aromatic heterocycles. The van der Waals surface area contributed by atoms with Gasteiger partial charge in [0.25, 0.3) is 10.0 Å². The highest BCUT2D eigenvalue weighted by Crippen LogP contribution is 2.20. The predicted molar refractivity (Wildman–Crippen MR) is 82.2 cm³/mol. The predicted octanol–water partition coefficient (Wildman–Crippen LogP) is 2.94. The van der Waals surface area contributed by atoms with Crippen molar-refractivity contribution in [3.63, 3.8) is 0 Å². The van der Waals surface area contributed by atoms with Crippen LogP contribution in [0.1, 0.15) is 0 Å². The van der Waals surface area contributed by atoms with Gasteiger partial charge in [-0.1, -0.05) is 51.5 Å². The lowest BCUT2D eigenvalue weighted by atomic mass is 10.2. The molecule has 0 spiro atoms. The van der Waals surface area contributed by atoms with E-state index in [9.17, 15) is 8.42 Å². The maximum atomic E-state index is 12.4. The maximum absolute atomic E-state index is 12.4. The fourth-order valence-corrected chi connectivity index (χ4v) is 3.15. The van der Waals surface area contributed by atoms with Crippen LogP contribution in [0, 0.1) is 0 Å². The Bertz CT molecular complexity index is 859. The molecule has 0 aliphatic carbocycles. The van der Waals surface area contributed by atoms with Crippen molar-refractivity contribution in [1.82, 2.24) is 14.4 Å². The van der Waals surface area contributed by atoms with E-state index in [1.54, 1.807) is 12.1 Å². The molecule has 0 unspecified atom stereocenters. The Kier molecular flexibility index (Phi) is 3.60. The van der Waals surface area contributed by atoms with Gasteiger partial charge in [-0.2, -0.15) is 8.42 Å². The Morgan fingerprint density at radius 1 is 0.952 bits per heavy atom. The molecule has 0 N–H and O–H groups in total. The van der Waals surface area contributed by atoms with Crippen LogP contribution < -0.4 is 0 Å². The summed E-state index contributed by atoms with van der Waals surface area (Å²) >= 11 is 3.27. The van der Waals surface area contributed by atoms with Gasteiger partial charge in [0.05, 0.1) is 11.1 Å². The van der Waals surface area contributed by atoms with Gasteiger partial charge in [-0.3, -0.25) is 0 Å². The maximum Gasteiger partial charge on any atom is 0.284 e. The Morgan fingerprint density at radius 3 is 2.29 bits per heavy atom. The molecule has 3 rings (SSSR count). The summed E-state index contributed by atoms with van der Waals surface area (Å²) in [5.74, 6) is 0. The Labute approximate surface area is 130 Å². The summed E-state index contributed by atoms with van der Waals surface area (Å²) in [5, 5.41) is 7.65. The molecule has 1 heterocycles. The second-order valence-electron chi connectivity index (χ2n) is 4.30.